The summed E-state index contributed by atoms with van der Waals surface area (Å²) < 4.78 is 27.0. The molecule has 1 saturated carbocycles. The van der Waals surface area contributed by atoms with Gasteiger partial charge in [0.1, 0.15) is 5.60 Å². The highest BCUT2D eigenvalue weighted by Crippen LogP contribution is 2.39. The number of benzene rings is 3. The molecule has 0 bridgehead atoms. The summed E-state index contributed by atoms with van der Waals surface area (Å²) in [6, 6.07) is 18.3. The number of carbonyl (C=O) groups is 3. The molecule has 0 aromatic heterocycles. The Bertz CT molecular complexity index is 1570. The summed E-state index contributed by atoms with van der Waals surface area (Å²) in [7, 11) is 3.14. The van der Waals surface area contributed by atoms with Crippen molar-refractivity contribution in [1.82, 2.24) is 15.5 Å². The number of carbonyl (C=O) groups excluding carboxylic acids is 3. The predicted molar refractivity (Wildman–Crippen MR) is 181 cm³/mol. The highest BCUT2D eigenvalue weighted by molar-refractivity contribution is 6.33. The SMILES string of the molecule is CN(C)C(=O)COc1ccc(C(N)=O)c(-c2cc(C(CNC3CCC(NC(=O)OC(C)(C)C)CC3)c3ccccc3)ccc2Cl)c1F. The van der Waals surface area contributed by atoms with E-state index in [1.807, 2.05) is 57.2 Å². The van der Waals surface area contributed by atoms with Gasteiger partial charge in [0, 0.05) is 54.8 Å². The maximum absolute atomic E-state index is 16.1. The van der Waals surface area contributed by atoms with Crippen LogP contribution in [0.2, 0.25) is 5.02 Å². The van der Waals surface area contributed by atoms with E-state index in [0.29, 0.717) is 6.54 Å². The van der Waals surface area contributed by atoms with Crippen LogP contribution < -0.4 is 21.1 Å². The molecule has 11 heteroatoms. The Morgan fingerprint density at radius 2 is 1.64 bits per heavy atom. The fourth-order valence-electron chi connectivity index (χ4n) is 5.67. The smallest absolute Gasteiger partial charge is 0.407 e. The van der Waals surface area contributed by atoms with Gasteiger partial charge in [-0.05, 0) is 81.8 Å². The molecule has 0 saturated heterocycles. The van der Waals surface area contributed by atoms with Crippen LogP contribution in [0.5, 0.6) is 5.75 Å². The third-order valence-electron chi connectivity index (χ3n) is 8.14. The van der Waals surface area contributed by atoms with Crippen molar-refractivity contribution in [3.05, 3.63) is 88.2 Å². The van der Waals surface area contributed by atoms with Gasteiger partial charge in [-0.3, -0.25) is 9.59 Å². The third-order valence-corrected chi connectivity index (χ3v) is 8.47. The number of primary amides is 1. The number of hydrogen-bond acceptors (Lipinski definition) is 6. The summed E-state index contributed by atoms with van der Waals surface area (Å²) in [5.74, 6) is -2.34. The minimum atomic E-state index is -0.835. The van der Waals surface area contributed by atoms with Crippen molar-refractivity contribution in [1.29, 1.82) is 0 Å². The summed E-state index contributed by atoms with van der Waals surface area (Å²) >= 11 is 6.66. The van der Waals surface area contributed by atoms with E-state index in [9.17, 15) is 14.4 Å². The molecule has 1 atom stereocenters. The van der Waals surface area contributed by atoms with Crippen molar-refractivity contribution < 1.29 is 28.2 Å². The van der Waals surface area contributed by atoms with Gasteiger partial charge in [0.2, 0.25) is 5.91 Å². The van der Waals surface area contributed by atoms with Crippen LogP contribution in [-0.2, 0) is 9.53 Å². The molecule has 1 fully saturated rings. The standard InChI is InChI=1S/C36H44ClFN4O5/c1-36(2,3)47-35(45)41-25-14-12-24(13-15-25)40-20-28(22-9-7-6-8-10-22)23-11-17-29(37)27(19-23)32-26(34(39)44)16-18-30(33(32)38)46-21-31(43)42(4)5/h6-11,16-19,24-25,28,40H,12-15,20-21H2,1-5H3,(H2,39,44)(H,41,45). The van der Waals surface area contributed by atoms with Gasteiger partial charge in [-0.15, -0.1) is 0 Å². The minimum absolute atomic E-state index is 0.0565. The molecule has 3 aromatic carbocycles. The number of nitrogens with one attached hydrogen (secondary N) is 2. The van der Waals surface area contributed by atoms with Crippen LogP contribution in [0.15, 0.2) is 60.7 Å². The first kappa shape index (κ1) is 35.7. The quantitative estimate of drug-likeness (QED) is 0.222. The lowest BCUT2D eigenvalue weighted by Crippen LogP contribution is -2.44. The van der Waals surface area contributed by atoms with E-state index in [1.54, 1.807) is 26.2 Å². The molecule has 3 amide bonds. The van der Waals surface area contributed by atoms with E-state index in [4.69, 9.17) is 26.8 Å². The van der Waals surface area contributed by atoms with Gasteiger partial charge in [0.25, 0.3) is 5.91 Å². The van der Waals surface area contributed by atoms with Gasteiger partial charge in [0.05, 0.1) is 5.56 Å². The van der Waals surface area contributed by atoms with Gasteiger partial charge >= 0.3 is 6.09 Å². The molecule has 1 unspecified atom stereocenters. The molecular formula is C36H44ClFN4O5. The second kappa shape index (κ2) is 15.6. The Hall–Kier alpha value is -4.15. The second-order valence-corrected chi connectivity index (χ2v) is 13.5. The average Bonchev–Trinajstić information content (AvgIpc) is 3.01. The molecule has 0 spiro atoms. The lowest BCUT2D eigenvalue weighted by atomic mass is 9.87. The Labute approximate surface area is 280 Å². The highest BCUT2D eigenvalue weighted by Gasteiger charge is 2.27. The molecular weight excluding hydrogens is 623 g/mol. The number of likely N-dealkylation sites (N-methyl/N-ethyl adjacent to an activating group) is 1. The predicted octanol–water partition coefficient (Wildman–Crippen LogP) is 6.27. The van der Waals surface area contributed by atoms with E-state index in [-0.39, 0.29) is 58.0 Å². The number of nitrogens with two attached hydrogens (primary N) is 1. The molecule has 252 valence electrons. The zero-order valence-electron chi connectivity index (χ0n) is 27.6. The maximum Gasteiger partial charge on any atom is 0.407 e. The fourth-order valence-corrected chi connectivity index (χ4v) is 5.88. The normalized spacial score (nSPS) is 17.0. The van der Waals surface area contributed by atoms with Crippen LogP contribution in [0.3, 0.4) is 0 Å². The molecule has 3 aromatic rings. The topological polar surface area (TPSA) is 123 Å². The van der Waals surface area contributed by atoms with Crippen LogP contribution in [0.4, 0.5) is 9.18 Å². The fraction of sp³-hybridized carbons (Fsp3) is 0.417. The number of nitrogens with zero attached hydrogens (tertiary/aromatic N) is 1. The van der Waals surface area contributed by atoms with Gasteiger partial charge in [0.15, 0.2) is 18.2 Å². The van der Waals surface area contributed by atoms with Gasteiger partial charge < -0.3 is 30.7 Å². The van der Waals surface area contributed by atoms with Gasteiger partial charge in [-0.1, -0.05) is 48.0 Å². The Morgan fingerprint density at radius 3 is 2.26 bits per heavy atom. The van der Waals surface area contributed by atoms with Crippen molar-refractivity contribution in [2.75, 3.05) is 27.2 Å². The highest BCUT2D eigenvalue weighted by atomic mass is 35.5. The average molecular weight is 667 g/mol. The van der Waals surface area contributed by atoms with E-state index < -0.39 is 23.4 Å². The number of alkyl carbamates (subject to hydrolysis) is 1. The van der Waals surface area contributed by atoms with Crippen LogP contribution in [0.1, 0.15) is 73.9 Å². The third kappa shape index (κ3) is 9.68. The van der Waals surface area contributed by atoms with Crippen molar-refractivity contribution >= 4 is 29.5 Å². The van der Waals surface area contributed by atoms with E-state index >= 15 is 4.39 Å². The van der Waals surface area contributed by atoms with Gasteiger partial charge in [-0.25, -0.2) is 9.18 Å². The first-order valence-corrected chi connectivity index (χ1v) is 16.1. The molecule has 1 aliphatic carbocycles. The largest absolute Gasteiger partial charge is 0.481 e. The zero-order valence-corrected chi connectivity index (χ0v) is 28.3. The lowest BCUT2D eigenvalue weighted by Gasteiger charge is -2.32. The number of ether oxygens (including phenoxy) is 2. The minimum Gasteiger partial charge on any atom is -0.481 e. The van der Waals surface area contributed by atoms with Crippen LogP contribution in [0, 0.1) is 5.82 Å². The molecule has 0 aliphatic heterocycles. The van der Waals surface area contributed by atoms with Crippen molar-refractivity contribution in [2.45, 2.75) is 70.1 Å². The molecule has 9 nitrogen and oxygen atoms in total. The summed E-state index contributed by atoms with van der Waals surface area (Å²) in [6.07, 6.45) is 3.01. The van der Waals surface area contributed by atoms with E-state index in [0.717, 1.165) is 36.8 Å². The summed E-state index contributed by atoms with van der Waals surface area (Å²) in [5, 5.41) is 6.93. The van der Waals surface area contributed by atoms with E-state index in [2.05, 4.69) is 10.6 Å². The molecule has 0 radical (unpaired) electrons. The Morgan fingerprint density at radius 1 is 0.979 bits per heavy atom. The Balaban J connectivity index is 1.58. The number of hydrogen-bond donors (Lipinski definition) is 3. The summed E-state index contributed by atoms with van der Waals surface area (Å²) in [5.41, 5.74) is 7.17. The summed E-state index contributed by atoms with van der Waals surface area (Å²) in [6.45, 7) is 5.73. The first-order chi connectivity index (χ1) is 22.2. The van der Waals surface area contributed by atoms with Crippen molar-refractivity contribution in [3.8, 4) is 16.9 Å². The van der Waals surface area contributed by atoms with E-state index in [1.165, 1.54) is 17.0 Å². The van der Waals surface area contributed by atoms with Crippen molar-refractivity contribution in [3.63, 3.8) is 0 Å². The second-order valence-electron chi connectivity index (χ2n) is 13.0. The molecule has 47 heavy (non-hydrogen) atoms. The van der Waals surface area contributed by atoms with Crippen LogP contribution >= 0.6 is 11.6 Å². The monoisotopic (exact) mass is 666 g/mol. The molecule has 4 rings (SSSR count). The van der Waals surface area contributed by atoms with Gasteiger partial charge in [-0.2, -0.15) is 0 Å². The number of rotatable bonds is 11. The van der Waals surface area contributed by atoms with Crippen molar-refractivity contribution in [2.24, 2.45) is 5.73 Å². The molecule has 0 heterocycles. The van der Waals surface area contributed by atoms with Crippen LogP contribution in [-0.4, -0.2) is 67.7 Å². The van der Waals surface area contributed by atoms with Crippen LogP contribution in [0.25, 0.3) is 11.1 Å². The number of halogens is 2. The number of amides is 3. The summed E-state index contributed by atoms with van der Waals surface area (Å²) in [4.78, 5) is 38.1. The molecule has 1 aliphatic rings. The zero-order chi connectivity index (χ0) is 34.3. The Kier molecular flexibility index (Phi) is 11.9. The maximum atomic E-state index is 16.1. The lowest BCUT2D eigenvalue weighted by molar-refractivity contribution is -0.130. The molecule has 4 N–H and O–H groups in total. The first-order valence-electron chi connectivity index (χ1n) is 15.8.